The maximum Gasteiger partial charge on any atom is 0.405 e. The van der Waals surface area contributed by atoms with Crippen molar-refractivity contribution in [2.24, 2.45) is 17.6 Å². The van der Waals surface area contributed by atoms with Crippen molar-refractivity contribution in [3.63, 3.8) is 0 Å². The molecular weight excluding hydrogens is 568 g/mol. The molecule has 12 heteroatoms. The van der Waals surface area contributed by atoms with E-state index in [1.165, 1.54) is 20.3 Å². The molecule has 1 heterocycles. The first-order chi connectivity index (χ1) is 20.7. The van der Waals surface area contributed by atoms with Crippen LogP contribution in [-0.2, 0) is 28.6 Å². The number of aliphatic hydroxyl groups is 1. The molecule has 1 aliphatic carbocycles. The summed E-state index contributed by atoms with van der Waals surface area (Å²) in [7, 11) is 6.74. The molecule has 2 bridgehead atoms. The fourth-order valence-corrected chi connectivity index (χ4v) is 5.18. The number of rotatable bonds is 7. The third kappa shape index (κ3) is 10.3. The second-order valence-electron chi connectivity index (χ2n) is 11.7. The zero-order valence-electron chi connectivity index (χ0n) is 27.0. The van der Waals surface area contributed by atoms with Crippen molar-refractivity contribution in [1.82, 2.24) is 15.5 Å². The van der Waals surface area contributed by atoms with Gasteiger partial charge < -0.3 is 40.6 Å². The van der Waals surface area contributed by atoms with Crippen LogP contribution < -0.4 is 16.4 Å². The molecule has 1 aliphatic heterocycles. The summed E-state index contributed by atoms with van der Waals surface area (Å²) in [6.07, 6.45) is 3.88. The van der Waals surface area contributed by atoms with Crippen molar-refractivity contribution in [3.05, 3.63) is 58.5 Å². The Balaban J connectivity index is 2.60. The van der Waals surface area contributed by atoms with Crippen molar-refractivity contribution in [2.45, 2.75) is 65.0 Å². The van der Waals surface area contributed by atoms with Crippen LogP contribution >= 0.6 is 0 Å². The van der Waals surface area contributed by atoms with Crippen molar-refractivity contribution in [2.75, 3.05) is 41.4 Å². The van der Waals surface area contributed by atoms with Crippen LogP contribution in [0.5, 0.6) is 0 Å². The number of carbonyl (C=O) groups excluding carboxylic acids is 4. The van der Waals surface area contributed by atoms with Crippen molar-refractivity contribution < 1.29 is 38.5 Å². The van der Waals surface area contributed by atoms with Gasteiger partial charge in [-0.25, -0.2) is 4.79 Å². The highest BCUT2D eigenvalue weighted by Gasteiger charge is 2.33. The minimum absolute atomic E-state index is 0.114. The van der Waals surface area contributed by atoms with Gasteiger partial charge >= 0.3 is 6.09 Å². The van der Waals surface area contributed by atoms with Gasteiger partial charge in [-0.05, 0) is 52.3 Å². The fraction of sp³-hybridized carbons (Fsp3) is 0.562. The number of hydrogen-bond donors (Lipinski definition) is 4. The Kier molecular flexibility index (Phi) is 14.2. The van der Waals surface area contributed by atoms with Gasteiger partial charge in [0.1, 0.15) is 6.10 Å². The number of nitrogens with two attached hydrogens (primary N) is 1. The molecule has 0 aromatic carbocycles. The highest BCUT2D eigenvalue weighted by molar-refractivity contribution is 6.23. The standard InChI is InChI=1S/C32H48N4O8/c1-18-14-22-27(34-12-13-36(5)6)24(37)17-23(29(22)39)35-31(40)19(2)10-9-11-25(42-7)30(44-32(33)41)21(4)16-20(3)28(38)26(15-18)43-8/h9-11,16-18,20,25-26,28,30,34,38H,12-15H2,1-8H3,(H2,33,41)(H,35,40)/b11-9-,19-10+,21-16+/t18-,20+,25+,26+,28-,30?/m1/s1. The van der Waals surface area contributed by atoms with E-state index in [9.17, 15) is 24.3 Å². The van der Waals surface area contributed by atoms with Crippen molar-refractivity contribution in [3.8, 4) is 0 Å². The molecule has 0 aromatic heterocycles. The Morgan fingerprint density at radius 1 is 1.16 bits per heavy atom. The SMILES string of the molecule is CO[C@H]1/C=C\C=C(/C)C(=O)NC2=CC(=O)C(NCCN(C)C)=C(C[C@@H](C)C[C@H](OC)[C@H](O)[C@@H](C)/C=C(\C)C1OC(N)=O)C2=O. The third-order valence-electron chi connectivity index (χ3n) is 7.65. The minimum atomic E-state index is -0.997. The Morgan fingerprint density at radius 2 is 1.84 bits per heavy atom. The number of primary amides is 1. The lowest BCUT2D eigenvalue weighted by atomic mass is 9.85. The Hall–Kier alpha value is -3.58. The zero-order chi connectivity index (χ0) is 33.1. The lowest BCUT2D eigenvalue weighted by Gasteiger charge is -2.30. The number of carbonyl (C=O) groups is 4. The number of aliphatic hydroxyl groups excluding tert-OH is 1. The Bertz CT molecular complexity index is 1230. The summed E-state index contributed by atoms with van der Waals surface area (Å²) < 4.78 is 16.6. The molecule has 244 valence electrons. The zero-order valence-corrected chi connectivity index (χ0v) is 27.0. The smallest absolute Gasteiger partial charge is 0.405 e. The van der Waals surface area contributed by atoms with Crippen molar-refractivity contribution >= 4 is 23.6 Å². The van der Waals surface area contributed by atoms with Gasteiger partial charge in [0.25, 0.3) is 5.91 Å². The Morgan fingerprint density at radius 3 is 2.43 bits per heavy atom. The predicted octanol–water partition coefficient (Wildman–Crippen LogP) is 1.91. The van der Waals surface area contributed by atoms with Gasteiger partial charge in [-0.3, -0.25) is 14.4 Å². The number of allylic oxidation sites excluding steroid dienone is 4. The number of nitrogens with zero attached hydrogens (tertiary/aromatic N) is 1. The quantitative estimate of drug-likeness (QED) is 0.245. The number of Topliss-reactive ketones (excluding diaryl/α,β-unsaturated/α-hetero) is 1. The van der Waals surface area contributed by atoms with Crippen LogP contribution in [0.4, 0.5) is 4.79 Å². The summed E-state index contributed by atoms with van der Waals surface area (Å²) in [5.41, 5.74) is 6.55. The molecule has 2 aliphatic rings. The molecule has 0 saturated heterocycles. The number of likely N-dealkylation sites (N-methyl/N-ethyl adjacent to an activating group) is 1. The monoisotopic (exact) mass is 616 g/mol. The number of ketones is 2. The van der Waals surface area contributed by atoms with E-state index in [2.05, 4.69) is 10.6 Å². The van der Waals surface area contributed by atoms with Crippen LogP contribution in [-0.4, -0.2) is 99.4 Å². The molecule has 44 heavy (non-hydrogen) atoms. The van der Waals surface area contributed by atoms with Gasteiger partial charge in [0.2, 0.25) is 11.6 Å². The average molecular weight is 617 g/mol. The first kappa shape index (κ1) is 36.6. The molecule has 0 fully saturated rings. The number of hydrogen-bond acceptors (Lipinski definition) is 10. The molecule has 0 radical (unpaired) electrons. The summed E-state index contributed by atoms with van der Waals surface area (Å²) in [6, 6.07) is 0. The van der Waals surface area contributed by atoms with Gasteiger partial charge in [-0.15, -0.1) is 0 Å². The molecule has 0 spiro atoms. The molecule has 6 atom stereocenters. The first-order valence-electron chi connectivity index (χ1n) is 14.7. The molecule has 0 aromatic rings. The second kappa shape index (κ2) is 17.0. The van der Waals surface area contributed by atoms with E-state index in [4.69, 9.17) is 19.9 Å². The first-order valence-corrected chi connectivity index (χ1v) is 14.7. The number of amides is 2. The number of methoxy groups -OCH3 is 2. The lowest BCUT2D eigenvalue weighted by Crippen LogP contribution is -2.38. The van der Waals surface area contributed by atoms with E-state index < -0.39 is 53.9 Å². The molecular formula is C32H48N4O8. The summed E-state index contributed by atoms with van der Waals surface area (Å²) in [5, 5.41) is 17.0. The lowest BCUT2D eigenvalue weighted by molar-refractivity contribution is -0.120. The highest BCUT2D eigenvalue weighted by Crippen LogP contribution is 2.28. The van der Waals surface area contributed by atoms with Gasteiger partial charge in [0.05, 0.1) is 23.6 Å². The average Bonchev–Trinajstić information content (AvgIpc) is 2.95. The Labute approximate surface area is 260 Å². The molecule has 1 unspecified atom stereocenters. The van der Waals surface area contributed by atoms with E-state index in [1.807, 2.05) is 32.8 Å². The number of nitrogens with one attached hydrogen (secondary N) is 2. The van der Waals surface area contributed by atoms with E-state index in [0.717, 1.165) is 6.08 Å². The van der Waals surface area contributed by atoms with Crippen molar-refractivity contribution in [1.29, 1.82) is 0 Å². The van der Waals surface area contributed by atoms with Crippen LogP contribution in [0.15, 0.2) is 58.5 Å². The summed E-state index contributed by atoms with van der Waals surface area (Å²) in [5.74, 6) is -2.06. The summed E-state index contributed by atoms with van der Waals surface area (Å²) in [6.45, 7) is 8.09. The molecule has 12 nitrogen and oxygen atoms in total. The van der Waals surface area contributed by atoms with Gasteiger partial charge in [0, 0.05) is 50.4 Å². The number of ether oxygens (including phenoxy) is 3. The maximum absolute atomic E-state index is 13.7. The van der Waals surface area contributed by atoms with Crippen LogP contribution in [0.25, 0.3) is 0 Å². The predicted molar refractivity (Wildman–Crippen MR) is 166 cm³/mol. The van der Waals surface area contributed by atoms with E-state index in [-0.39, 0.29) is 34.9 Å². The third-order valence-corrected chi connectivity index (χ3v) is 7.65. The van der Waals surface area contributed by atoms with E-state index in [1.54, 1.807) is 32.1 Å². The molecule has 0 saturated carbocycles. The fourth-order valence-electron chi connectivity index (χ4n) is 5.18. The number of fused-ring (bicyclic) bond motifs is 2. The summed E-state index contributed by atoms with van der Waals surface area (Å²) in [4.78, 5) is 53.7. The largest absolute Gasteiger partial charge is 0.439 e. The topological polar surface area (TPSA) is 170 Å². The van der Waals surface area contributed by atoms with Crippen LogP contribution in [0.2, 0.25) is 0 Å². The van der Waals surface area contributed by atoms with Crippen LogP contribution in [0.3, 0.4) is 0 Å². The second-order valence-corrected chi connectivity index (χ2v) is 11.7. The van der Waals surface area contributed by atoms with Gasteiger partial charge in [-0.1, -0.05) is 38.2 Å². The molecule has 2 amide bonds. The summed E-state index contributed by atoms with van der Waals surface area (Å²) >= 11 is 0. The van der Waals surface area contributed by atoms with Gasteiger partial charge in [-0.2, -0.15) is 0 Å². The van der Waals surface area contributed by atoms with Gasteiger partial charge in [0.15, 0.2) is 6.10 Å². The highest BCUT2D eigenvalue weighted by atomic mass is 16.6. The van der Waals surface area contributed by atoms with E-state index >= 15 is 0 Å². The maximum atomic E-state index is 13.7. The molecule has 5 N–H and O–H groups in total. The normalized spacial score (nSPS) is 31.0. The minimum Gasteiger partial charge on any atom is -0.439 e. The van der Waals surface area contributed by atoms with E-state index in [0.29, 0.717) is 25.1 Å². The molecule has 2 rings (SSSR count). The van der Waals surface area contributed by atoms with Crippen LogP contribution in [0.1, 0.15) is 40.5 Å². The van der Waals surface area contributed by atoms with Crippen LogP contribution in [0, 0.1) is 11.8 Å².